The summed E-state index contributed by atoms with van der Waals surface area (Å²) in [4.78, 5) is 17.9. The molecule has 4 rings (SSSR count). The van der Waals surface area contributed by atoms with Gasteiger partial charge in [0.1, 0.15) is 0 Å². The van der Waals surface area contributed by atoms with Gasteiger partial charge in [0.2, 0.25) is 0 Å². The Labute approximate surface area is 164 Å². The Morgan fingerprint density at radius 3 is 2.67 bits per heavy atom. The third-order valence-corrected chi connectivity index (χ3v) is 6.07. The van der Waals surface area contributed by atoms with E-state index in [1.54, 1.807) is 0 Å². The van der Waals surface area contributed by atoms with Gasteiger partial charge in [0.15, 0.2) is 5.17 Å². The first-order valence-corrected chi connectivity index (χ1v) is 10.3. The van der Waals surface area contributed by atoms with E-state index in [9.17, 15) is 4.79 Å². The van der Waals surface area contributed by atoms with E-state index >= 15 is 0 Å². The van der Waals surface area contributed by atoms with Gasteiger partial charge < -0.3 is 5.32 Å². The Balaban J connectivity index is 1.59. The van der Waals surface area contributed by atoms with Crippen LogP contribution in [0.2, 0.25) is 0 Å². The summed E-state index contributed by atoms with van der Waals surface area (Å²) >= 11 is 1.44. The van der Waals surface area contributed by atoms with Gasteiger partial charge in [-0.3, -0.25) is 9.79 Å². The Morgan fingerprint density at radius 1 is 1.19 bits per heavy atom. The lowest BCUT2D eigenvalue weighted by Crippen LogP contribution is -2.22. The molecule has 140 valence electrons. The summed E-state index contributed by atoms with van der Waals surface area (Å²) in [6.07, 6.45) is 7.97. The third-order valence-electron chi connectivity index (χ3n) is 5.15. The van der Waals surface area contributed by atoms with E-state index in [0.717, 1.165) is 40.6 Å². The summed E-state index contributed by atoms with van der Waals surface area (Å²) in [6.45, 7) is 4.02. The molecule has 1 saturated carbocycles. The maximum absolute atomic E-state index is 12.4. The van der Waals surface area contributed by atoms with Crippen LogP contribution in [0.3, 0.4) is 0 Å². The molecule has 27 heavy (non-hydrogen) atoms. The van der Waals surface area contributed by atoms with Gasteiger partial charge in [0, 0.05) is 11.3 Å². The molecule has 0 radical (unpaired) electrons. The summed E-state index contributed by atoms with van der Waals surface area (Å²) < 4.78 is 1.93. The van der Waals surface area contributed by atoms with E-state index in [1.807, 2.05) is 54.9 Å². The molecule has 0 unspecified atom stereocenters. The number of thioether (sulfide) groups is 1. The van der Waals surface area contributed by atoms with Crippen molar-refractivity contribution >= 4 is 28.9 Å². The van der Waals surface area contributed by atoms with Crippen LogP contribution in [0, 0.1) is 13.8 Å². The highest BCUT2D eigenvalue weighted by Gasteiger charge is 2.26. The Morgan fingerprint density at radius 2 is 1.93 bits per heavy atom. The van der Waals surface area contributed by atoms with Crippen LogP contribution in [-0.4, -0.2) is 26.9 Å². The van der Waals surface area contributed by atoms with Gasteiger partial charge in [-0.25, -0.2) is 4.68 Å². The zero-order chi connectivity index (χ0) is 18.8. The number of nitrogens with zero attached hydrogens (tertiary/aromatic N) is 3. The predicted octanol–water partition coefficient (Wildman–Crippen LogP) is 4.38. The molecule has 0 atom stereocenters. The van der Waals surface area contributed by atoms with Crippen molar-refractivity contribution in [3.8, 4) is 5.69 Å². The number of carbonyl (C=O) groups is 1. The standard InChI is InChI=1S/C21H24N4OS/c1-14-18(15(2)25(24-14)17-11-7-4-8-12-17)13-19-20(26)23-21(27-19)22-16-9-5-3-6-10-16/h4,7-8,11-13,16H,3,5-6,9-10H2,1-2H3,(H,22,23,26)/b19-13-. The van der Waals surface area contributed by atoms with Crippen molar-refractivity contribution in [1.82, 2.24) is 15.1 Å². The highest BCUT2D eigenvalue weighted by atomic mass is 32.2. The minimum atomic E-state index is -0.0687. The Kier molecular flexibility index (Phi) is 5.16. The summed E-state index contributed by atoms with van der Waals surface area (Å²) in [5, 5.41) is 8.33. The van der Waals surface area contributed by atoms with Crippen molar-refractivity contribution in [3.63, 3.8) is 0 Å². The maximum Gasteiger partial charge on any atom is 0.264 e. The molecule has 5 nitrogen and oxygen atoms in total. The van der Waals surface area contributed by atoms with Crippen LogP contribution in [0.4, 0.5) is 0 Å². The molecule has 2 heterocycles. The number of aromatic nitrogens is 2. The molecule has 2 aliphatic rings. The summed E-state index contributed by atoms with van der Waals surface area (Å²) in [6, 6.07) is 10.4. The Hall–Kier alpha value is -2.34. The number of amides is 1. The van der Waals surface area contributed by atoms with Gasteiger partial charge in [0.25, 0.3) is 5.91 Å². The molecule has 1 aromatic heterocycles. The van der Waals surface area contributed by atoms with Crippen LogP contribution in [0.1, 0.15) is 49.1 Å². The van der Waals surface area contributed by atoms with Gasteiger partial charge in [-0.1, -0.05) is 37.5 Å². The molecule has 1 N–H and O–H groups in total. The first-order chi connectivity index (χ1) is 13.1. The van der Waals surface area contributed by atoms with Crippen LogP contribution in [-0.2, 0) is 4.79 Å². The summed E-state index contributed by atoms with van der Waals surface area (Å²) in [7, 11) is 0. The highest BCUT2D eigenvalue weighted by molar-refractivity contribution is 8.18. The lowest BCUT2D eigenvalue weighted by atomic mass is 9.96. The zero-order valence-corrected chi connectivity index (χ0v) is 16.6. The van der Waals surface area contributed by atoms with E-state index in [1.165, 1.54) is 31.0 Å². The van der Waals surface area contributed by atoms with Crippen LogP contribution < -0.4 is 5.32 Å². The molecule has 1 saturated heterocycles. The van der Waals surface area contributed by atoms with E-state index in [2.05, 4.69) is 10.4 Å². The molecule has 1 aliphatic heterocycles. The molecule has 1 aliphatic carbocycles. The molecule has 1 amide bonds. The molecular formula is C21H24N4OS. The van der Waals surface area contributed by atoms with Crippen molar-refractivity contribution in [2.45, 2.75) is 52.0 Å². The SMILES string of the molecule is Cc1nn(-c2ccccc2)c(C)c1/C=C1\SC(=NC2CCCCC2)NC1=O. The van der Waals surface area contributed by atoms with Crippen LogP contribution in [0.25, 0.3) is 11.8 Å². The van der Waals surface area contributed by atoms with Gasteiger partial charge in [-0.2, -0.15) is 5.10 Å². The van der Waals surface area contributed by atoms with Crippen LogP contribution >= 0.6 is 11.8 Å². The number of para-hydroxylation sites is 1. The summed E-state index contributed by atoms with van der Waals surface area (Å²) in [5.74, 6) is -0.0687. The molecule has 0 bridgehead atoms. The molecule has 6 heteroatoms. The molecular weight excluding hydrogens is 356 g/mol. The fourth-order valence-electron chi connectivity index (χ4n) is 3.68. The van der Waals surface area contributed by atoms with Crippen LogP contribution in [0.5, 0.6) is 0 Å². The second-order valence-electron chi connectivity index (χ2n) is 7.12. The van der Waals surface area contributed by atoms with Crippen molar-refractivity contribution in [3.05, 3.63) is 52.2 Å². The minimum absolute atomic E-state index is 0.0687. The quantitative estimate of drug-likeness (QED) is 0.804. The number of aliphatic imine (C=N–C) groups is 1. The van der Waals surface area contributed by atoms with Crippen molar-refractivity contribution in [2.75, 3.05) is 0 Å². The average molecular weight is 381 g/mol. The van der Waals surface area contributed by atoms with E-state index in [-0.39, 0.29) is 5.91 Å². The lowest BCUT2D eigenvalue weighted by Gasteiger charge is -2.17. The molecule has 2 aromatic rings. The number of nitrogens with one attached hydrogen (secondary N) is 1. The molecule has 0 spiro atoms. The van der Waals surface area contributed by atoms with E-state index in [0.29, 0.717) is 10.9 Å². The normalized spacial score (nSPS) is 21.2. The summed E-state index contributed by atoms with van der Waals surface area (Å²) in [5.41, 5.74) is 3.95. The smallest absolute Gasteiger partial charge is 0.264 e. The van der Waals surface area contributed by atoms with Gasteiger partial charge in [-0.15, -0.1) is 0 Å². The Bertz CT molecular complexity index is 908. The maximum atomic E-state index is 12.4. The number of hydrogen-bond acceptors (Lipinski definition) is 4. The zero-order valence-electron chi connectivity index (χ0n) is 15.7. The lowest BCUT2D eigenvalue weighted by molar-refractivity contribution is -0.115. The van der Waals surface area contributed by atoms with Crippen molar-refractivity contribution < 1.29 is 4.79 Å². The number of benzene rings is 1. The average Bonchev–Trinajstić information content (AvgIpc) is 3.17. The second-order valence-corrected chi connectivity index (χ2v) is 8.15. The van der Waals surface area contributed by atoms with E-state index in [4.69, 9.17) is 4.99 Å². The first kappa shape index (κ1) is 18.0. The fraction of sp³-hybridized carbons (Fsp3) is 0.381. The number of amidine groups is 1. The number of aryl methyl sites for hydroxylation is 1. The molecule has 1 aromatic carbocycles. The van der Waals surface area contributed by atoms with Gasteiger partial charge in [0.05, 0.1) is 22.3 Å². The number of hydrogen-bond donors (Lipinski definition) is 1. The topological polar surface area (TPSA) is 59.3 Å². The van der Waals surface area contributed by atoms with Crippen molar-refractivity contribution in [2.24, 2.45) is 4.99 Å². The highest BCUT2D eigenvalue weighted by Crippen LogP contribution is 2.30. The second kappa shape index (κ2) is 7.72. The number of carbonyl (C=O) groups excluding carboxylic acids is 1. The van der Waals surface area contributed by atoms with Gasteiger partial charge in [-0.05, 0) is 56.7 Å². The van der Waals surface area contributed by atoms with E-state index < -0.39 is 0 Å². The first-order valence-electron chi connectivity index (χ1n) is 9.52. The number of rotatable bonds is 3. The largest absolute Gasteiger partial charge is 0.301 e. The van der Waals surface area contributed by atoms with Crippen LogP contribution in [0.15, 0.2) is 40.2 Å². The third kappa shape index (κ3) is 3.86. The monoisotopic (exact) mass is 380 g/mol. The van der Waals surface area contributed by atoms with Gasteiger partial charge >= 0.3 is 0 Å². The minimum Gasteiger partial charge on any atom is -0.301 e. The fourth-order valence-corrected chi connectivity index (χ4v) is 4.55. The predicted molar refractivity (Wildman–Crippen MR) is 111 cm³/mol. The van der Waals surface area contributed by atoms with Crippen molar-refractivity contribution in [1.29, 1.82) is 0 Å². The molecule has 2 fully saturated rings.